The molecule has 0 aliphatic carbocycles. The molecule has 2 unspecified atom stereocenters. The molecule has 0 aliphatic rings. The fourth-order valence-electron chi connectivity index (χ4n) is 5.23. The minimum absolute atomic E-state index is 0.0296. The SMILES string of the molecule is NC(C[C@@H](Oc1ccc(F)c2ccsc12)c1ccccc1)OC(=O)C(=O)OC(N)C[C@@H](Oc1ccc(F)c2ccsc12)c1ccccc1. The Balaban J connectivity index is 1.10. The molecular formula is C36H30F2N2O6S2. The standard InChI is InChI=1S/C36H30F2N2O6S2/c37-25-11-13-27(33-23(25)15-17-47-33)43-29(21-7-3-1-4-8-21)19-31(39)45-35(41)36(42)46-32(40)20-30(22-9-5-2-6-10-22)44-28-14-12-26(38)24-16-18-48-34(24)28/h1-18,29-32H,19-20,39-40H2/t29-,30-,31?,32?/m1/s1. The van der Waals surface area contributed by atoms with Gasteiger partial charge in [0.2, 0.25) is 0 Å². The quantitative estimate of drug-likeness (QED) is 0.0760. The summed E-state index contributed by atoms with van der Waals surface area (Å²) in [5.41, 5.74) is 13.8. The number of nitrogens with two attached hydrogens (primary N) is 2. The summed E-state index contributed by atoms with van der Waals surface area (Å²) >= 11 is 2.66. The van der Waals surface area contributed by atoms with Crippen LogP contribution in [-0.2, 0) is 19.1 Å². The first kappa shape index (κ1) is 33.0. The fraction of sp³-hybridized carbons (Fsp3) is 0.167. The Labute approximate surface area is 282 Å². The number of carbonyl (C=O) groups excluding carboxylic acids is 2. The van der Waals surface area contributed by atoms with Crippen molar-refractivity contribution in [3.05, 3.63) is 131 Å². The van der Waals surface area contributed by atoms with Gasteiger partial charge in [0, 0.05) is 23.6 Å². The van der Waals surface area contributed by atoms with E-state index in [0.717, 1.165) is 11.1 Å². The predicted molar refractivity (Wildman–Crippen MR) is 181 cm³/mol. The van der Waals surface area contributed by atoms with E-state index >= 15 is 0 Å². The van der Waals surface area contributed by atoms with Gasteiger partial charge < -0.3 is 18.9 Å². The predicted octanol–water partition coefficient (Wildman–Crippen LogP) is 7.77. The van der Waals surface area contributed by atoms with Crippen molar-refractivity contribution in [3.63, 3.8) is 0 Å². The lowest BCUT2D eigenvalue weighted by Crippen LogP contribution is -2.37. The highest BCUT2D eigenvalue weighted by molar-refractivity contribution is 7.17. The first-order valence-electron chi connectivity index (χ1n) is 14.9. The van der Waals surface area contributed by atoms with Crippen molar-refractivity contribution < 1.29 is 37.3 Å². The summed E-state index contributed by atoms with van der Waals surface area (Å²) in [6, 6.07) is 27.3. The lowest BCUT2D eigenvalue weighted by Gasteiger charge is -2.24. The third kappa shape index (κ3) is 7.63. The van der Waals surface area contributed by atoms with Crippen molar-refractivity contribution in [2.75, 3.05) is 0 Å². The molecule has 0 radical (unpaired) electrons. The molecule has 6 rings (SSSR count). The molecule has 2 heterocycles. The zero-order valence-corrected chi connectivity index (χ0v) is 26.9. The Hall–Kier alpha value is -4.88. The molecule has 12 heteroatoms. The summed E-state index contributed by atoms with van der Waals surface area (Å²) in [6.45, 7) is 0. The average molecular weight is 689 g/mol. The summed E-state index contributed by atoms with van der Waals surface area (Å²) in [5.74, 6) is -2.51. The zero-order valence-electron chi connectivity index (χ0n) is 25.3. The van der Waals surface area contributed by atoms with Crippen LogP contribution in [0.3, 0.4) is 0 Å². The van der Waals surface area contributed by atoms with Crippen LogP contribution in [0.4, 0.5) is 8.78 Å². The Bertz CT molecular complexity index is 1880. The molecule has 4 N–H and O–H groups in total. The lowest BCUT2D eigenvalue weighted by molar-refractivity contribution is -0.175. The monoisotopic (exact) mass is 688 g/mol. The lowest BCUT2D eigenvalue weighted by atomic mass is 10.1. The highest BCUT2D eigenvalue weighted by Gasteiger charge is 2.28. The summed E-state index contributed by atoms with van der Waals surface area (Å²) < 4.78 is 52.8. The molecule has 48 heavy (non-hydrogen) atoms. The molecule has 0 saturated heterocycles. The van der Waals surface area contributed by atoms with Gasteiger partial charge in [0.1, 0.15) is 35.3 Å². The van der Waals surface area contributed by atoms with Gasteiger partial charge in [-0.25, -0.2) is 18.4 Å². The highest BCUT2D eigenvalue weighted by atomic mass is 32.1. The molecule has 4 atom stereocenters. The van der Waals surface area contributed by atoms with Crippen LogP contribution in [0.5, 0.6) is 11.5 Å². The molecule has 0 spiro atoms. The Morgan fingerprint density at radius 3 is 1.38 bits per heavy atom. The molecule has 2 aromatic heterocycles. The summed E-state index contributed by atoms with van der Waals surface area (Å²) in [6.07, 6.45) is -3.99. The van der Waals surface area contributed by atoms with E-state index in [9.17, 15) is 18.4 Å². The van der Waals surface area contributed by atoms with Crippen molar-refractivity contribution >= 4 is 54.8 Å². The van der Waals surface area contributed by atoms with Crippen LogP contribution < -0.4 is 20.9 Å². The third-order valence-electron chi connectivity index (χ3n) is 7.51. The number of halogens is 2. The first-order chi connectivity index (χ1) is 23.3. The van der Waals surface area contributed by atoms with Crippen LogP contribution in [0.15, 0.2) is 108 Å². The number of hydrogen-bond acceptors (Lipinski definition) is 10. The van der Waals surface area contributed by atoms with Crippen LogP contribution in [0.1, 0.15) is 36.2 Å². The Morgan fingerprint density at radius 2 is 0.979 bits per heavy atom. The molecule has 0 saturated carbocycles. The molecular weight excluding hydrogens is 659 g/mol. The van der Waals surface area contributed by atoms with Crippen molar-refractivity contribution in [2.24, 2.45) is 11.5 Å². The summed E-state index contributed by atoms with van der Waals surface area (Å²) in [7, 11) is 0. The maximum absolute atomic E-state index is 14.3. The number of esters is 2. The number of benzene rings is 4. The van der Waals surface area contributed by atoms with E-state index in [4.69, 9.17) is 30.4 Å². The van der Waals surface area contributed by atoms with Gasteiger partial charge in [-0.05, 0) is 58.3 Å². The largest absolute Gasteiger partial charge is 0.484 e. The van der Waals surface area contributed by atoms with E-state index in [1.54, 1.807) is 22.9 Å². The molecule has 0 amide bonds. The maximum Gasteiger partial charge on any atom is 0.419 e. The number of ether oxygens (including phenoxy) is 4. The number of thiophene rings is 2. The first-order valence-corrected chi connectivity index (χ1v) is 16.7. The normalized spacial score (nSPS) is 13.8. The van der Waals surface area contributed by atoms with E-state index in [2.05, 4.69) is 0 Å². The van der Waals surface area contributed by atoms with Crippen LogP contribution in [0.2, 0.25) is 0 Å². The van der Waals surface area contributed by atoms with Crippen LogP contribution in [-0.4, -0.2) is 24.4 Å². The van der Waals surface area contributed by atoms with Gasteiger partial charge in [-0.3, -0.25) is 11.5 Å². The molecule has 246 valence electrons. The van der Waals surface area contributed by atoms with Crippen LogP contribution in [0.25, 0.3) is 20.2 Å². The highest BCUT2D eigenvalue weighted by Crippen LogP contribution is 2.37. The van der Waals surface area contributed by atoms with Crippen molar-refractivity contribution in [2.45, 2.75) is 37.5 Å². The van der Waals surface area contributed by atoms with Crippen molar-refractivity contribution in [1.82, 2.24) is 0 Å². The second-order valence-corrected chi connectivity index (χ2v) is 12.6. The van der Waals surface area contributed by atoms with Gasteiger partial charge in [0.15, 0.2) is 12.5 Å². The maximum atomic E-state index is 14.3. The Morgan fingerprint density at radius 1 is 0.583 bits per heavy atom. The van der Waals surface area contributed by atoms with E-state index < -0.39 is 36.6 Å². The molecule has 0 bridgehead atoms. The van der Waals surface area contributed by atoms with Gasteiger partial charge in [-0.15, -0.1) is 22.7 Å². The van der Waals surface area contributed by atoms with Gasteiger partial charge in [-0.2, -0.15) is 0 Å². The fourth-order valence-corrected chi connectivity index (χ4v) is 6.96. The van der Waals surface area contributed by atoms with Gasteiger partial charge >= 0.3 is 11.9 Å². The van der Waals surface area contributed by atoms with Crippen molar-refractivity contribution in [1.29, 1.82) is 0 Å². The molecule has 8 nitrogen and oxygen atoms in total. The number of fused-ring (bicyclic) bond motifs is 2. The third-order valence-corrected chi connectivity index (χ3v) is 9.37. The van der Waals surface area contributed by atoms with Gasteiger partial charge in [-0.1, -0.05) is 60.7 Å². The number of hydrogen-bond donors (Lipinski definition) is 2. The van der Waals surface area contributed by atoms with E-state index in [1.165, 1.54) is 46.9 Å². The summed E-state index contributed by atoms with van der Waals surface area (Å²) in [4.78, 5) is 25.5. The summed E-state index contributed by atoms with van der Waals surface area (Å²) in [5, 5.41) is 4.39. The molecule has 0 aliphatic heterocycles. The van der Waals surface area contributed by atoms with Crippen LogP contribution >= 0.6 is 22.7 Å². The smallest absolute Gasteiger partial charge is 0.419 e. The second kappa shape index (κ2) is 14.9. The molecule has 0 fully saturated rings. The van der Waals surface area contributed by atoms with Crippen molar-refractivity contribution in [3.8, 4) is 11.5 Å². The van der Waals surface area contributed by atoms with Gasteiger partial charge in [0.05, 0.1) is 9.40 Å². The van der Waals surface area contributed by atoms with E-state index in [-0.39, 0.29) is 24.5 Å². The van der Waals surface area contributed by atoms with Crippen LogP contribution in [0, 0.1) is 11.6 Å². The average Bonchev–Trinajstić information content (AvgIpc) is 3.79. The van der Waals surface area contributed by atoms with E-state index in [0.29, 0.717) is 31.7 Å². The minimum Gasteiger partial charge on any atom is -0.484 e. The topological polar surface area (TPSA) is 123 Å². The van der Waals surface area contributed by atoms with Gasteiger partial charge in [0.25, 0.3) is 0 Å². The minimum atomic E-state index is -1.33. The zero-order chi connectivity index (χ0) is 33.6. The number of rotatable bonds is 12. The van der Waals surface area contributed by atoms with E-state index in [1.807, 2.05) is 60.7 Å². The second-order valence-electron chi connectivity index (χ2n) is 10.8. The molecule has 4 aromatic carbocycles. The Kier molecular flexibility index (Phi) is 10.3. The number of carbonyl (C=O) groups is 2. The molecule has 6 aromatic rings.